The smallest absolute Gasteiger partial charge is 0.270 e. The lowest BCUT2D eigenvalue weighted by Crippen LogP contribution is -2.40. The number of hydrazone groups is 1. The fourth-order valence-electron chi connectivity index (χ4n) is 3.41. The van der Waals surface area contributed by atoms with Crippen LogP contribution in [0.25, 0.3) is 0 Å². The molecule has 2 N–H and O–H groups in total. The van der Waals surface area contributed by atoms with Crippen LogP contribution >= 0.6 is 11.3 Å². The molecule has 0 saturated heterocycles. The Morgan fingerprint density at radius 2 is 1.97 bits per heavy atom. The molecule has 1 aromatic carbocycles. The second-order valence-corrected chi connectivity index (χ2v) is 8.47. The molecule has 1 unspecified atom stereocenters. The van der Waals surface area contributed by atoms with Crippen LogP contribution in [0.1, 0.15) is 21.9 Å². The van der Waals surface area contributed by atoms with Crippen molar-refractivity contribution in [2.45, 2.75) is 32.5 Å². The molecule has 0 aliphatic carbocycles. The summed E-state index contributed by atoms with van der Waals surface area (Å²) in [5.74, 6) is -0.0689. The molecule has 0 saturated carbocycles. The lowest BCUT2D eigenvalue weighted by atomic mass is 10.1. The number of aryl methyl sites for hydroxylation is 1. The minimum Gasteiger partial charge on any atom is -0.467 e. The highest BCUT2D eigenvalue weighted by Gasteiger charge is 2.36. The van der Waals surface area contributed by atoms with E-state index in [1.165, 1.54) is 9.89 Å². The van der Waals surface area contributed by atoms with Gasteiger partial charge in [0.05, 0.1) is 25.0 Å². The van der Waals surface area contributed by atoms with E-state index >= 15 is 0 Å². The molecule has 2 amide bonds. The van der Waals surface area contributed by atoms with Crippen molar-refractivity contribution in [1.29, 1.82) is 0 Å². The van der Waals surface area contributed by atoms with Crippen molar-refractivity contribution < 1.29 is 14.0 Å². The van der Waals surface area contributed by atoms with Gasteiger partial charge in [-0.3, -0.25) is 14.6 Å². The third-order valence-electron chi connectivity index (χ3n) is 4.86. The summed E-state index contributed by atoms with van der Waals surface area (Å²) < 4.78 is 5.45. The zero-order valence-corrected chi connectivity index (χ0v) is 17.3. The van der Waals surface area contributed by atoms with Gasteiger partial charge in [-0.2, -0.15) is 5.10 Å². The van der Waals surface area contributed by atoms with Gasteiger partial charge in [0.25, 0.3) is 5.91 Å². The van der Waals surface area contributed by atoms with Gasteiger partial charge in [0.15, 0.2) is 0 Å². The van der Waals surface area contributed by atoms with Crippen molar-refractivity contribution in [2.75, 3.05) is 5.01 Å². The maximum atomic E-state index is 13.4. The van der Waals surface area contributed by atoms with Crippen molar-refractivity contribution >= 4 is 34.6 Å². The Labute approximate surface area is 178 Å². The molecule has 154 valence electrons. The van der Waals surface area contributed by atoms with Crippen LogP contribution in [0.15, 0.2) is 70.4 Å². The number of amides is 2. The summed E-state index contributed by atoms with van der Waals surface area (Å²) in [6, 6.07) is 16.2. The highest BCUT2D eigenvalue weighted by Crippen LogP contribution is 2.26. The first-order valence-electron chi connectivity index (χ1n) is 9.59. The maximum Gasteiger partial charge on any atom is 0.270 e. The van der Waals surface area contributed by atoms with Crippen molar-refractivity contribution in [2.24, 2.45) is 10.8 Å². The minimum absolute atomic E-state index is 0.168. The molecule has 30 heavy (non-hydrogen) atoms. The molecule has 7 nitrogen and oxygen atoms in total. The molecule has 0 radical (unpaired) electrons. The third kappa shape index (κ3) is 4.28. The lowest BCUT2D eigenvalue weighted by Gasteiger charge is -2.20. The SMILES string of the molecule is Cc1ccc(CN(Cc2ccco2)C(=O)C2=NN(c3ccccc3)C(C(N)=O)C2)s1. The summed E-state index contributed by atoms with van der Waals surface area (Å²) in [5, 5.41) is 6.03. The van der Waals surface area contributed by atoms with E-state index < -0.39 is 11.9 Å². The second-order valence-electron chi connectivity index (χ2n) is 7.10. The summed E-state index contributed by atoms with van der Waals surface area (Å²) in [6.45, 7) is 2.78. The van der Waals surface area contributed by atoms with Gasteiger partial charge in [-0.15, -0.1) is 11.3 Å². The minimum atomic E-state index is -0.694. The third-order valence-corrected chi connectivity index (χ3v) is 5.85. The van der Waals surface area contributed by atoms with Gasteiger partial charge < -0.3 is 15.1 Å². The summed E-state index contributed by atoms with van der Waals surface area (Å²) in [5.41, 5.74) is 6.63. The maximum absolute atomic E-state index is 13.4. The molecule has 1 aliphatic heterocycles. The van der Waals surface area contributed by atoms with Crippen molar-refractivity contribution in [1.82, 2.24) is 4.90 Å². The van der Waals surface area contributed by atoms with E-state index in [-0.39, 0.29) is 12.3 Å². The van der Waals surface area contributed by atoms with Crippen LogP contribution in [-0.4, -0.2) is 28.5 Å². The number of benzene rings is 1. The molecule has 1 aliphatic rings. The number of carbonyl (C=O) groups is 2. The van der Waals surface area contributed by atoms with Crippen molar-refractivity contribution in [3.05, 3.63) is 76.4 Å². The fraction of sp³-hybridized carbons (Fsp3) is 0.227. The molecule has 0 bridgehead atoms. The number of rotatable bonds is 7. The molecule has 2 aromatic heterocycles. The van der Waals surface area contributed by atoms with E-state index in [1.807, 2.05) is 55.5 Å². The summed E-state index contributed by atoms with van der Waals surface area (Å²) in [4.78, 5) is 29.4. The van der Waals surface area contributed by atoms with Crippen molar-refractivity contribution in [3.63, 3.8) is 0 Å². The monoisotopic (exact) mass is 422 g/mol. The highest BCUT2D eigenvalue weighted by molar-refractivity contribution is 7.11. The van der Waals surface area contributed by atoms with Gasteiger partial charge in [0.1, 0.15) is 17.5 Å². The van der Waals surface area contributed by atoms with E-state index in [1.54, 1.807) is 28.6 Å². The topological polar surface area (TPSA) is 92.1 Å². The number of nitrogens with zero attached hydrogens (tertiary/aromatic N) is 3. The Kier molecular flexibility index (Phi) is 5.67. The number of hydrogen-bond acceptors (Lipinski definition) is 6. The molecule has 0 spiro atoms. The van der Waals surface area contributed by atoms with Crippen LogP contribution < -0.4 is 10.7 Å². The number of thiophene rings is 1. The quantitative estimate of drug-likeness (QED) is 0.632. The Morgan fingerprint density at radius 1 is 1.17 bits per heavy atom. The largest absolute Gasteiger partial charge is 0.467 e. The summed E-state index contributed by atoms with van der Waals surface area (Å²) in [7, 11) is 0. The fourth-order valence-corrected chi connectivity index (χ4v) is 4.32. The average molecular weight is 423 g/mol. The average Bonchev–Trinajstić information content (AvgIpc) is 3.49. The van der Waals surface area contributed by atoms with E-state index in [0.29, 0.717) is 24.6 Å². The first-order valence-corrected chi connectivity index (χ1v) is 10.4. The number of furan rings is 1. The zero-order valence-electron chi connectivity index (χ0n) is 16.5. The van der Waals surface area contributed by atoms with Gasteiger partial charge in [-0.1, -0.05) is 18.2 Å². The normalized spacial score (nSPS) is 15.8. The predicted octanol–water partition coefficient (Wildman–Crippen LogP) is 3.30. The first kappa shape index (κ1) is 19.9. The highest BCUT2D eigenvalue weighted by atomic mass is 32.1. The van der Waals surface area contributed by atoms with E-state index in [4.69, 9.17) is 10.2 Å². The molecular weight excluding hydrogens is 400 g/mol. The second kappa shape index (κ2) is 8.54. The Morgan fingerprint density at radius 3 is 2.60 bits per heavy atom. The van der Waals surface area contributed by atoms with Crippen LogP contribution in [0.3, 0.4) is 0 Å². The van der Waals surface area contributed by atoms with Crippen LogP contribution in [0, 0.1) is 6.92 Å². The van der Waals surface area contributed by atoms with E-state index in [9.17, 15) is 9.59 Å². The van der Waals surface area contributed by atoms with Crippen LogP contribution in [0.2, 0.25) is 0 Å². The van der Waals surface area contributed by atoms with E-state index in [0.717, 1.165) is 10.6 Å². The molecule has 3 heterocycles. The molecular formula is C22H22N4O3S. The van der Waals surface area contributed by atoms with Gasteiger partial charge in [-0.25, -0.2) is 0 Å². The van der Waals surface area contributed by atoms with Crippen molar-refractivity contribution in [3.8, 4) is 0 Å². The molecule has 4 rings (SSSR count). The van der Waals surface area contributed by atoms with Gasteiger partial charge in [-0.05, 0) is 43.3 Å². The number of carbonyl (C=O) groups excluding carboxylic acids is 2. The Balaban J connectivity index is 1.61. The Bertz CT molecular complexity index is 1060. The zero-order chi connectivity index (χ0) is 21.1. The number of primary amides is 1. The number of hydrogen-bond donors (Lipinski definition) is 1. The molecule has 0 fully saturated rings. The van der Waals surface area contributed by atoms with Crippen LogP contribution in [0.4, 0.5) is 5.69 Å². The van der Waals surface area contributed by atoms with Crippen LogP contribution in [-0.2, 0) is 22.7 Å². The standard InChI is InChI=1S/C22H22N4O3S/c1-15-9-10-18(30-15)14-25(13-17-8-5-11-29-17)22(28)19-12-20(21(23)27)26(24-19)16-6-3-2-4-7-16/h2-11,20H,12-14H2,1H3,(H2,23,27). The first-order chi connectivity index (χ1) is 14.5. The summed E-state index contributed by atoms with van der Waals surface area (Å²) >= 11 is 1.64. The molecule has 1 atom stereocenters. The number of nitrogens with two attached hydrogens (primary N) is 1. The molecule has 8 heteroatoms. The van der Waals surface area contributed by atoms with Gasteiger partial charge in [0, 0.05) is 16.2 Å². The molecule has 3 aromatic rings. The number of para-hydroxylation sites is 1. The van der Waals surface area contributed by atoms with E-state index in [2.05, 4.69) is 5.10 Å². The lowest BCUT2D eigenvalue weighted by molar-refractivity contribution is -0.125. The van der Waals surface area contributed by atoms with Gasteiger partial charge in [0.2, 0.25) is 5.91 Å². The predicted molar refractivity (Wildman–Crippen MR) is 116 cm³/mol. The Hall–Kier alpha value is -3.39. The summed E-state index contributed by atoms with van der Waals surface area (Å²) in [6.07, 6.45) is 1.75. The number of anilines is 1. The van der Waals surface area contributed by atoms with Gasteiger partial charge >= 0.3 is 0 Å². The van der Waals surface area contributed by atoms with Crippen LogP contribution in [0.5, 0.6) is 0 Å².